The Morgan fingerprint density at radius 2 is 2.33 bits per heavy atom. The minimum Gasteiger partial charge on any atom is -0.371 e. The molecule has 15 heavy (non-hydrogen) atoms. The molecule has 0 aliphatic carbocycles. The summed E-state index contributed by atoms with van der Waals surface area (Å²) in [5.74, 6) is 0.0803. The van der Waals surface area contributed by atoms with Crippen LogP contribution in [-0.4, -0.2) is 23.5 Å². The van der Waals surface area contributed by atoms with Crippen molar-refractivity contribution in [3.8, 4) is 0 Å². The molecule has 1 aromatic heterocycles. The number of nitrogens with zero attached hydrogens (tertiary/aromatic N) is 1. The SMILES string of the molecule is CCOC(C)C(=O)Cc1cncc(Br)c1. The van der Waals surface area contributed by atoms with Gasteiger partial charge < -0.3 is 4.74 Å². The highest BCUT2D eigenvalue weighted by atomic mass is 79.9. The van der Waals surface area contributed by atoms with E-state index < -0.39 is 0 Å². The number of hydrogen-bond donors (Lipinski definition) is 0. The van der Waals surface area contributed by atoms with Gasteiger partial charge in [-0.2, -0.15) is 0 Å². The van der Waals surface area contributed by atoms with Crippen molar-refractivity contribution in [2.24, 2.45) is 0 Å². The monoisotopic (exact) mass is 271 g/mol. The first kappa shape index (κ1) is 12.3. The molecular formula is C11H14BrNO2. The quantitative estimate of drug-likeness (QED) is 0.826. The van der Waals surface area contributed by atoms with E-state index in [1.165, 1.54) is 0 Å². The predicted octanol–water partition coefficient (Wildman–Crippen LogP) is 2.38. The summed E-state index contributed by atoms with van der Waals surface area (Å²) in [7, 11) is 0. The molecule has 0 bridgehead atoms. The highest BCUT2D eigenvalue weighted by Crippen LogP contribution is 2.11. The summed E-state index contributed by atoms with van der Waals surface area (Å²) in [6, 6.07) is 1.89. The maximum Gasteiger partial charge on any atom is 0.165 e. The summed E-state index contributed by atoms with van der Waals surface area (Å²) in [5.41, 5.74) is 0.904. The van der Waals surface area contributed by atoms with Gasteiger partial charge in [0.2, 0.25) is 0 Å². The molecule has 1 unspecified atom stereocenters. The van der Waals surface area contributed by atoms with Gasteiger partial charge in [-0.3, -0.25) is 9.78 Å². The highest BCUT2D eigenvalue weighted by Gasteiger charge is 2.13. The molecule has 3 nitrogen and oxygen atoms in total. The molecular weight excluding hydrogens is 258 g/mol. The number of carbonyl (C=O) groups excluding carboxylic acids is 1. The van der Waals surface area contributed by atoms with Crippen molar-refractivity contribution in [3.05, 3.63) is 28.5 Å². The lowest BCUT2D eigenvalue weighted by Gasteiger charge is -2.09. The number of rotatable bonds is 5. The van der Waals surface area contributed by atoms with Gasteiger partial charge in [-0.1, -0.05) is 0 Å². The first-order valence-corrected chi connectivity index (χ1v) is 5.66. The zero-order chi connectivity index (χ0) is 11.3. The van der Waals surface area contributed by atoms with Crippen LogP contribution in [0.25, 0.3) is 0 Å². The Bertz CT molecular complexity index is 341. The van der Waals surface area contributed by atoms with Gasteiger partial charge in [-0.25, -0.2) is 0 Å². The van der Waals surface area contributed by atoms with Gasteiger partial charge in [0.1, 0.15) is 6.10 Å². The van der Waals surface area contributed by atoms with Crippen molar-refractivity contribution in [3.63, 3.8) is 0 Å². The summed E-state index contributed by atoms with van der Waals surface area (Å²) in [6.07, 6.45) is 3.42. The summed E-state index contributed by atoms with van der Waals surface area (Å²) >= 11 is 3.31. The standard InChI is InChI=1S/C11H14BrNO2/c1-3-15-8(2)11(14)5-9-4-10(12)7-13-6-9/h4,6-8H,3,5H2,1-2H3. The zero-order valence-electron chi connectivity index (χ0n) is 8.87. The molecule has 0 aliphatic heterocycles. The van der Waals surface area contributed by atoms with Crippen molar-refractivity contribution in [1.82, 2.24) is 4.98 Å². The molecule has 0 amide bonds. The molecule has 0 fully saturated rings. The lowest BCUT2D eigenvalue weighted by molar-refractivity contribution is -0.128. The molecule has 0 radical (unpaired) electrons. The lowest BCUT2D eigenvalue weighted by Crippen LogP contribution is -2.22. The van der Waals surface area contributed by atoms with E-state index in [1.807, 2.05) is 13.0 Å². The van der Waals surface area contributed by atoms with Crippen LogP contribution in [0, 0.1) is 0 Å². The summed E-state index contributed by atoms with van der Waals surface area (Å²) in [5, 5.41) is 0. The third-order valence-electron chi connectivity index (χ3n) is 2.01. The average Bonchev–Trinajstić information content (AvgIpc) is 2.18. The molecule has 0 aromatic carbocycles. The van der Waals surface area contributed by atoms with Crippen LogP contribution >= 0.6 is 15.9 Å². The number of ketones is 1. The fourth-order valence-electron chi connectivity index (χ4n) is 1.24. The molecule has 1 heterocycles. The molecule has 1 atom stereocenters. The highest BCUT2D eigenvalue weighted by molar-refractivity contribution is 9.10. The molecule has 0 spiro atoms. The van der Waals surface area contributed by atoms with Crippen LogP contribution in [0.15, 0.2) is 22.9 Å². The lowest BCUT2D eigenvalue weighted by atomic mass is 10.1. The van der Waals surface area contributed by atoms with E-state index in [0.29, 0.717) is 13.0 Å². The van der Waals surface area contributed by atoms with Crippen LogP contribution in [0.5, 0.6) is 0 Å². The van der Waals surface area contributed by atoms with E-state index in [1.54, 1.807) is 19.3 Å². The molecule has 0 N–H and O–H groups in total. The van der Waals surface area contributed by atoms with Crippen LogP contribution in [0.2, 0.25) is 0 Å². The number of halogens is 1. The maximum atomic E-state index is 11.6. The van der Waals surface area contributed by atoms with Gasteiger partial charge in [0.15, 0.2) is 5.78 Å². The first-order valence-electron chi connectivity index (χ1n) is 4.87. The van der Waals surface area contributed by atoms with Crippen LogP contribution in [-0.2, 0) is 16.0 Å². The van der Waals surface area contributed by atoms with Crippen molar-refractivity contribution >= 4 is 21.7 Å². The van der Waals surface area contributed by atoms with Crippen molar-refractivity contribution < 1.29 is 9.53 Å². The van der Waals surface area contributed by atoms with E-state index in [-0.39, 0.29) is 11.9 Å². The average molecular weight is 272 g/mol. The van der Waals surface area contributed by atoms with E-state index in [2.05, 4.69) is 20.9 Å². The molecule has 82 valence electrons. The van der Waals surface area contributed by atoms with Crippen LogP contribution in [0.4, 0.5) is 0 Å². The number of pyridine rings is 1. The molecule has 0 saturated carbocycles. The second-order valence-electron chi connectivity index (χ2n) is 3.25. The Kier molecular flexibility index (Phi) is 4.91. The molecule has 1 aromatic rings. The Morgan fingerprint density at radius 1 is 1.60 bits per heavy atom. The number of carbonyl (C=O) groups is 1. The number of hydrogen-bond acceptors (Lipinski definition) is 3. The van der Waals surface area contributed by atoms with Crippen molar-refractivity contribution in [2.45, 2.75) is 26.4 Å². The van der Waals surface area contributed by atoms with E-state index in [0.717, 1.165) is 10.0 Å². The van der Waals surface area contributed by atoms with Gasteiger partial charge in [0.25, 0.3) is 0 Å². The fourth-order valence-corrected chi connectivity index (χ4v) is 1.65. The predicted molar refractivity (Wildman–Crippen MR) is 61.7 cm³/mol. The largest absolute Gasteiger partial charge is 0.371 e. The smallest absolute Gasteiger partial charge is 0.165 e. The second-order valence-corrected chi connectivity index (χ2v) is 4.17. The normalized spacial score (nSPS) is 12.5. The van der Waals surface area contributed by atoms with Crippen LogP contribution in [0.1, 0.15) is 19.4 Å². The topological polar surface area (TPSA) is 39.2 Å². The third kappa shape index (κ3) is 4.10. The summed E-state index contributed by atoms with van der Waals surface area (Å²) in [4.78, 5) is 15.6. The Morgan fingerprint density at radius 3 is 2.93 bits per heavy atom. The minimum atomic E-state index is -0.339. The molecule has 1 rings (SSSR count). The fraction of sp³-hybridized carbons (Fsp3) is 0.455. The van der Waals surface area contributed by atoms with Crippen LogP contribution in [0.3, 0.4) is 0 Å². The second kappa shape index (κ2) is 5.98. The summed E-state index contributed by atoms with van der Waals surface area (Å²) in [6.45, 7) is 4.21. The van der Waals surface area contributed by atoms with Gasteiger partial charge in [-0.15, -0.1) is 0 Å². The maximum absolute atomic E-state index is 11.6. The van der Waals surface area contributed by atoms with Crippen molar-refractivity contribution in [2.75, 3.05) is 6.61 Å². The van der Waals surface area contributed by atoms with Gasteiger partial charge in [0.05, 0.1) is 0 Å². The van der Waals surface area contributed by atoms with E-state index in [9.17, 15) is 4.79 Å². The van der Waals surface area contributed by atoms with Gasteiger partial charge in [-0.05, 0) is 41.4 Å². The van der Waals surface area contributed by atoms with Gasteiger partial charge >= 0.3 is 0 Å². The number of ether oxygens (including phenoxy) is 1. The molecule has 4 heteroatoms. The van der Waals surface area contributed by atoms with Crippen LogP contribution < -0.4 is 0 Å². The molecule has 0 aliphatic rings. The third-order valence-corrected chi connectivity index (χ3v) is 2.44. The van der Waals surface area contributed by atoms with Gasteiger partial charge in [0, 0.05) is 29.9 Å². The minimum absolute atomic E-state index is 0.0803. The van der Waals surface area contributed by atoms with Crippen molar-refractivity contribution in [1.29, 1.82) is 0 Å². The number of aromatic nitrogens is 1. The van der Waals surface area contributed by atoms with E-state index >= 15 is 0 Å². The summed E-state index contributed by atoms with van der Waals surface area (Å²) < 4.78 is 6.11. The first-order chi connectivity index (χ1) is 7.13. The Hall–Kier alpha value is -0.740. The Labute approximate surface area is 98.0 Å². The molecule has 0 saturated heterocycles. The zero-order valence-corrected chi connectivity index (χ0v) is 10.5. The van der Waals surface area contributed by atoms with E-state index in [4.69, 9.17) is 4.74 Å². The Balaban J connectivity index is 2.58. The number of Topliss-reactive ketones (excluding diaryl/α,β-unsaturated/α-hetero) is 1.